The second-order valence-corrected chi connectivity index (χ2v) is 8.86. The monoisotopic (exact) mass is 444 g/mol. The highest BCUT2D eigenvalue weighted by molar-refractivity contribution is 5.83. The van der Waals surface area contributed by atoms with Crippen LogP contribution in [0.3, 0.4) is 0 Å². The maximum atomic E-state index is 13.8. The van der Waals surface area contributed by atoms with Crippen LogP contribution in [0.1, 0.15) is 30.4 Å². The number of rotatable bonds is 7. The number of likely N-dealkylation sites (tertiary alicyclic amines) is 1. The van der Waals surface area contributed by atoms with Crippen molar-refractivity contribution in [1.29, 1.82) is 0 Å². The fourth-order valence-electron chi connectivity index (χ4n) is 4.73. The Bertz CT molecular complexity index is 1120. The Labute approximate surface area is 194 Å². The second kappa shape index (κ2) is 9.99. The molecule has 1 saturated heterocycles. The first-order chi connectivity index (χ1) is 16.0. The van der Waals surface area contributed by atoms with Gasteiger partial charge in [-0.3, -0.25) is 9.59 Å². The van der Waals surface area contributed by atoms with E-state index in [4.69, 9.17) is 5.73 Å². The smallest absolute Gasteiger partial charge is 0.224 e. The summed E-state index contributed by atoms with van der Waals surface area (Å²) < 4.78 is 13.8. The topological polar surface area (TPSA) is 63.4 Å². The zero-order valence-electron chi connectivity index (χ0n) is 18.7. The second-order valence-electron chi connectivity index (χ2n) is 8.86. The molecule has 33 heavy (non-hydrogen) atoms. The largest absolute Gasteiger partial charge is 0.369 e. The minimum Gasteiger partial charge on any atom is -0.369 e. The normalized spacial score (nSPS) is 15.2. The summed E-state index contributed by atoms with van der Waals surface area (Å²) in [7, 11) is 0. The highest BCUT2D eigenvalue weighted by Crippen LogP contribution is 2.38. The number of piperidine rings is 1. The highest BCUT2D eigenvalue weighted by atomic mass is 19.1. The lowest BCUT2D eigenvalue weighted by atomic mass is 9.72. The molecule has 0 unspecified atom stereocenters. The molecule has 2 amide bonds. The van der Waals surface area contributed by atoms with E-state index in [1.807, 2.05) is 65.6 Å². The Morgan fingerprint density at radius 1 is 0.909 bits per heavy atom. The molecule has 170 valence electrons. The molecule has 0 bridgehead atoms. The van der Waals surface area contributed by atoms with Crippen molar-refractivity contribution in [2.45, 2.75) is 32.1 Å². The van der Waals surface area contributed by atoms with Crippen LogP contribution in [0.15, 0.2) is 78.9 Å². The van der Waals surface area contributed by atoms with E-state index in [1.165, 1.54) is 12.1 Å². The molecule has 0 radical (unpaired) electrons. The molecule has 1 fully saturated rings. The Hall–Kier alpha value is -3.47. The van der Waals surface area contributed by atoms with Crippen molar-refractivity contribution in [3.63, 3.8) is 0 Å². The Kier molecular flexibility index (Phi) is 6.87. The van der Waals surface area contributed by atoms with Crippen molar-refractivity contribution in [1.82, 2.24) is 4.90 Å². The summed E-state index contributed by atoms with van der Waals surface area (Å²) in [5, 5.41) is 0. The van der Waals surface area contributed by atoms with Gasteiger partial charge in [0.25, 0.3) is 0 Å². The summed E-state index contributed by atoms with van der Waals surface area (Å²) in [6.45, 7) is 1.03. The third kappa shape index (κ3) is 5.30. The van der Waals surface area contributed by atoms with Gasteiger partial charge in [-0.1, -0.05) is 66.7 Å². The van der Waals surface area contributed by atoms with Gasteiger partial charge in [-0.15, -0.1) is 0 Å². The molecular formula is C28H29FN2O2. The predicted octanol–water partition coefficient (Wildman–Crippen LogP) is 4.76. The van der Waals surface area contributed by atoms with Gasteiger partial charge in [-0.25, -0.2) is 4.39 Å². The van der Waals surface area contributed by atoms with E-state index in [-0.39, 0.29) is 17.6 Å². The van der Waals surface area contributed by atoms with Crippen LogP contribution in [-0.4, -0.2) is 29.8 Å². The molecule has 0 spiro atoms. The first kappa shape index (κ1) is 22.7. The Morgan fingerprint density at radius 3 is 2.30 bits per heavy atom. The maximum Gasteiger partial charge on any atom is 0.224 e. The van der Waals surface area contributed by atoms with E-state index < -0.39 is 5.41 Å². The van der Waals surface area contributed by atoms with Crippen LogP contribution in [0.4, 0.5) is 4.39 Å². The van der Waals surface area contributed by atoms with Crippen molar-refractivity contribution < 1.29 is 14.0 Å². The van der Waals surface area contributed by atoms with E-state index in [2.05, 4.69) is 0 Å². The van der Waals surface area contributed by atoms with Gasteiger partial charge in [0.15, 0.2) is 0 Å². The molecule has 0 saturated carbocycles. The van der Waals surface area contributed by atoms with Crippen molar-refractivity contribution in [2.24, 2.45) is 11.1 Å². The van der Waals surface area contributed by atoms with E-state index in [0.29, 0.717) is 45.2 Å². The zero-order valence-corrected chi connectivity index (χ0v) is 18.7. The first-order valence-electron chi connectivity index (χ1n) is 11.4. The molecule has 3 aromatic rings. The summed E-state index contributed by atoms with van der Waals surface area (Å²) >= 11 is 0. The fourth-order valence-corrected chi connectivity index (χ4v) is 4.73. The summed E-state index contributed by atoms with van der Waals surface area (Å²) in [4.78, 5) is 27.2. The van der Waals surface area contributed by atoms with Crippen LogP contribution in [0.25, 0.3) is 11.1 Å². The number of amides is 2. The van der Waals surface area contributed by atoms with Crippen LogP contribution < -0.4 is 5.73 Å². The van der Waals surface area contributed by atoms with Gasteiger partial charge in [0.2, 0.25) is 11.8 Å². The number of carbonyl (C=O) groups is 2. The molecule has 0 aliphatic carbocycles. The number of benzene rings is 3. The predicted molar refractivity (Wildman–Crippen MR) is 128 cm³/mol. The van der Waals surface area contributed by atoms with Gasteiger partial charge in [-0.2, -0.15) is 0 Å². The van der Waals surface area contributed by atoms with E-state index in [1.54, 1.807) is 6.07 Å². The Morgan fingerprint density at radius 2 is 1.61 bits per heavy atom. The highest BCUT2D eigenvalue weighted by Gasteiger charge is 2.41. The lowest BCUT2D eigenvalue weighted by Crippen LogP contribution is -2.50. The van der Waals surface area contributed by atoms with Crippen molar-refractivity contribution in [3.8, 4) is 11.1 Å². The van der Waals surface area contributed by atoms with E-state index in [9.17, 15) is 14.0 Å². The van der Waals surface area contributed by atoms with Crippen molar-refractivity contribution in [3.05, 3.63) is 95.8 Å². The van der Waals surface area contributed by atoms with Crippen LogP contribution in [0.5, 0.6) is 0 Å². The van der Waals surface area contributed by atoms with Crippen LogP contribution in [-0.2, 0) is 22.4 Å². The van der Waals surface area contributed by atoms with Crippen LogP contribution in [0, 0.1) is 11.2 Å². The number of carbonyl (C=O) groups excluding carboxylic acids is 2. The zero-order chi connectivity index (χ0) is 23.3. The minimum absolute atomic E-state index is 0.108. The molecule has 4 nitrogen and oxygen atoms in total. The molecule has 0 atom stereocenters. The molecule has 4 rings (SSSR count). The van der Waals surface area contributed by atoms with E-state index >= 15 is 0 Å². The number of hydrogen-bond donors (Lipinski definition) is 1. The quantitative estimate of drug-likeness (QED) is 0.571. The number of aryl methyl sites for hydroxylation is 1. The number of halogens is 1. The third-order valence-electron chi connectivity index (χ3n) is 6.75. The number of primary amides is 1. The fraction of sp³-hybridized carbons (Fsp3) is 0.286. The van der Waals surface area contributed by atoms with Gasteiger partial charge in [0, 0.05) is 19.5 Å². The van der Waals surface area contributed by atoms with Crippen molar-refractivity contribution in [2.75, 3.05) is 13.1 Å². The molecule has 3 aromatic carbocycles. The van der Waals surface area contributed by atoms with Gasteiger partial charge >= 0.3 is 0 Å². The molecule has 5 heteroatoms. The van der Waals surface area contributed by atoms with Gasteiger partial charge in [-0.05, 0) is 60.1 Å². The maximum absolute atomic E-state index is 13.8. The average Bonchev–Trinajstić information content (AvgIpc) is 2.84. The third-order valence-corrected chi connectivity index (χ3v) is 6.75. The van der Waals surface area contributed by atoms with Gasteiger partial charge in [0.1, 0.15) is 5.82 Å². The average molecular weight is 445 g/mol. The van der Waals surface area contributed by atoms with Crippen LogP contribution >= 0.6 is 0 Å². The summed E-state index contributed by atoms with van der Waals surface area (Å²) in [5.74, 6) is -0.528. The number of hydrogen-bond acceptors (Lipinski definition) is 2. The van der Waals surface area contributed by atoms with E-state index in [0.717, 1.165) is 22.3 Å². The number of nitrogens with two attached hydrogens (primary N) is 1. The molecule has 1 aliphatic heterocycles. The number of nitrogens with zero attached hydrogens (tertiary/aromatic N) is 1. The molecular weight excluding hydrogens is 415 g/mol. The first-order valence-corrected chi connectivity index (χ1v) is 11.4. The lowest BCUT2D eigenvalue weighted by Gasteiger charge is -2.40. The van der Waals surface area contributed by atoms with Crippen molar-refractivity contribution >= 4 is 11.8 Å². The molecule has 0 aromatic heterocycles. The Balaban J connectivity index is 1.46. The van der Waals surface area contributed by atoms with Gasteiger partial charge < -0.3 is 10.6 Å². The lowest BCUT2D eigenvalue weighted by molar-refractivity contribution is -0.138. The van der Waals surface area contributed by atoms with Gasteiger partial charge in [0.05, 0.1) is 5.41 Å². The summed E-state index contributed by atoms with van der Waals surface area (Å²) in [6.07, 6.45) is 2.68. The minimum atomic E-state index is -0.723. The molecule has 1 aliphatic rings. The SMILES string of the molecule is NC(=O)C1(Cc2ccccc2-c2cccc(F)c2)CCN(C(=O)CCc2ccccc2)CC1. The summed E-state index contributed by atoms with van der Waals surface area (Å²) in [5.41, 5.74) is 8.98. The standard InChI is InChI=1S/C28H29FN2O2/c29-24-11-6-10-22(19-24)25-12-5-4-9-23(25)20-28(27(30)33)15-17-31(18-16-28)26(32)14-13-21-7-2-1-3-8-21/h1-12,19H,13-18,20H2,(H2,30,33). The van der Waals surface area contributed by atoms with Crippen LogP contribution in [0.2, 0.25) is 0 Å². The molecule has 1 heterocycles. The molecule has 2 N–H and O–H groups in total. The summed E-state index contributed by atoms with van der Waals surface area (Å²) in [6, 6.07) is 24.2.